The molecule has 0 bridgehead atoms. The van der Waals surface area contributed by atoms with Crippen LogP contribution in [-0.4, -0.2) is 36.1 Å². The van der Waals surface area contributed by atoms with Gasteiger partial charge < -0.3 is 9.47 Å². The van der Waals surface area contributed by atoms with Crippen molar-refractivity contribution in [3.63, 3.8) is 0 Å². The van der Waals surface area contributed by atoms with E-state index in [4.69, 9.17) is 9.47 Å². The minimum absolute atomic E-state index is 0. The first-order chi connectivity index (χ1) is 8.70. The summed E-state index contributed by atoms with van der Waals surface area (Å²) in [7, 11) is 0. The van der Waals surface area contributed by atoms with Gasteiger partial charge in [0.1, 0.15) is 13.2 Å². The lowest BCUT2D eigenvalue weighted by Crippen LogP contribution is -2.14. The van der Waals surface area contributed by atoms with E-state index >= 15 is 0 Å². The number of hydrogen-bond donors (Lipinski definition) is 0. The van der Waals surface area contributed by atoms with Gasteiger partial charge in [-0.25, -0.2) is 9.59 Å². The van der Waals surface area contributed by atoms with Gasteiger partial charge in [-0.15, -0.1) is 0 Å². The van der Waals surface area contributed by atoms with E-state index in [2.05, 4.69) is 13.2 Å². The second-order valence-electron chi connectivity index (χ2n) is 3.32. The fourth-order valence-corrected chi connectivity index (χ4v) is 1.26. The number of carbonyl (C=O) groups is 2. The normalized spacial score (nSPS) is 8.84. The van der Waals surface area contributed by atoms with Gasteiger partial charge in [0.15, 0.2) is 0 Å². The number of ether oxygens (including phenoxy) is 2. The molecule has 0 aliphatic heterocycles. The maximum atomic E-state index is 11.7. The highest BCUT2D eigenvalue weighted by Gasteiger charge is 2.18. The Kier molecular flexibility index (Phi) is 7.88. The molecule has 0 spiro atoms. The van der Waals surface area contributed by atoms with Gasteiger partial charge in [0.2, 0.25) is 0 Å². The standard InChI is InChI=1S/C14H14O4.Si/c1-3-9-17-13(15)11-7-5-6-8-12(11)14(16)18-10-4-2;/h3-8H,1-2,9-10H2;. The Hall–Kier alpha value is -2.14. The summed E-state index contributed by atoms with van der Waals surface area (Å²) in [5.74, 6) is -1.16. The van der Waals surface area contributed by atoms with Crippen molar-refractivity contribution in [2.45, 2.75) is 0 Å². The zero-order chi connectivity index (χ0) is 13.4. The lowest BCUT2D eigenvalue weighted by atomic mass is 10.1. The molecule has 0 saturated heterocycles. The molecule has 1 rings (SSSR count). The Morgan fingerprint density at radius 1 is 0.947 bits per heavy atom. The van der Waals surface area contributed by atoms with Gasteiger partial charge in [0, 0.05) is 11.0 Å². The molecular formula is C14H14O4Si. The topological polar surface area (TPSA) is 52.6 Å². The van der Waals surface area contributed by atoms with E-state index in [-0.39, 0.29) is 35.3 Å². The fourth-order valence-electron chi connectivity index (χ4n) is 1.26. The molecule has 0 atom stereocenters. The first-order valence-electron chi connectivity index (χ1n) is 5.35. The van der Waals surface area contributed by atoms with Crippen LogP contribution in [0.3, 0.4) is 0 Å². The molecule has 0 N–H and O–H groups in total. The van der Waals surface area contributed by atoms with Crippen molar-refractivity contribution in [3.8, 4) is 0 Å². The highest BCUT2D eigenvalue weighted by atomic mass is 28.1. The first-order valence-corrected chi connectivity index (χ1v) is 5.35. The molecule has 4 radical (unpaired) electrons. The third kappa shape index (κ3) is 4.93. The summed E-state index contributed by atoms with van der Waals surface area (Å²) in [6.45, 7) is 7.07. The van der Waals surface area contributed by atoms with E-state index < -0.39 is 11.9 Å². The smallest absolute Gasteiger partial charge is 0.339 e. The molecule has 0 heterocycles. The van der Waals surface area contributed by atoms with E-state index in [1.165, 1.54) is 24.3 Å². The average Bonchev–Trinajstić information content (AvgIpc) is 2.42. The van der Waals surface area contributed by atoms with E-state index in [0.717, 1.165) is 0 Å². The van der Waals surface area contributed by atoms with Crippen molar-refractivity contribution in [3.05, 3.63) is 60.7 Å². The summed E-state index contributed by atoms with van der Waals surface area (Å²) >= 11 is 0. The number of rotatable bonds is 6. The summed E-state index contributed by atoms with van der Waals surface area (Å²) in [5, 5.41) is 0. The monoisotopic (exact) mass is 274 g/mol. The second kappa shape index (κ2) is 8.88. The molecule has 5 heteroatoms. The third-order valence-corrected chi connectivity index (χ3v) is 2.03. The van der Waals surface area contributed by atoms with Gasteiger partial charge in [0.25, 0.3) is 0 Å². The van der Waals surface area contributed by atoms with Crippen molar-refractivity contribution in [1.82, 2.24) is 0 Å². The van der Waals surface area contributed by atoms with Crippen molar-refractivity contribution in [2.75, 3.05) is 13.2 Å². The predicted octanol–water partition coefficient (Wildman–Crippen LogP) is 1.99. The zero-order valence-electron chi connectivity index (χ0n) is 10.4. The minimum Gasteiger partial charge on any atom is -0.458 e. The van der Waals surface area contributed by atoms with Gasteiger partial charge in [-0.05, 0) is 12.1 Å². The summed E-state index contributed by atoms with van der Waals surface area (Å²) < 4.78 is 9.78. The van der Waals surface area contributed by atoms with Crippen LogP contribution in [-0.2, 0) is 9.47 Å². The lowest BCUT2D eigenvalue weighted by molar-refractivity contribution is 0.0503. The van der Waals surface area contributed by atoms with Gasteiger partial charge in [-0.3, -0.25) is 0 Å². The molecule has 0 aliphatic rings. The van der Waals surface area contributed by atoms with Crippen LogP contribution >= 0.6 is 0 Å². The molecule has 19 heavy (non-hydrogen) atoms. The molecule has 0 unspecified atom stereocenters. The predicted molar refractivity (Wildman–Crippen MR) is 73.2 cm³/mol. The Morgan fingerprint density at radius 3 is 1.63 bits per heavy atom. The molecule has 0 aromatic heterocycles. The summed E-state index contributed by atoms with van der Waals surface area (Å²) in [6, 6.07) is 6.31. The van der Waals surface area contributed by atoms with E-state index in [1.807, 2.05) is 0 Å². The van der Waals surface area contributed by atoms with Crippen LogP contribution < -0.4 is 0 Å². The number of benzene rings is 1. The highest BCUT2D eigenvalue weighted by molar-refractivity contribution is 6.03. The Labute approximate surface area is 116 Å². The Balaban J connectivity index is 0.00000324. The number of esters is 2. The molecule has 0 aliphatic carbocycles. The van der Waals surface area contributed by atoms with Crippen LogP contribution in [0.1, 0.15) is 20.7 Å². The molecule has 4 nitrogen and oxygen atoms in total. The molecular weight excluding hydrogens is 260 g/mol. The van der Waals surface area contributed by atoms with Crippen molar-refractivity contribution >= 4 is 22.9 Å². The summed E-state index contributed by atoms with van der Waals surface area (Å²) in [6.07, 6.45) is 2.91. The van der Waals surface area contributed by atoms with Crippen LogP contribution in [0.15, 0.2) is 49.6 Å². The van der Waals surface area contributed by atoms with Crippen molar-refractivity contribution in [2.24, 2.45) is 0 Å². The Bertz CT molecular complexity index is 425. The molecule has 1 aromatic carbocycles. The maximum absolute atomic E-state index is 11.7. The second-order valence-corrected chi connectivity index (χ2v) is 3.32. The summed E-state index contributed by atoms with van der Waals surface area (Å²) in [4.78, 5) is 23.4. The first kappa shape index (κ1) is 16.9. The fraction of sp³-hybridized carbons (Fsp3) is 0.143. The van der Waals surface area contributed by atoms with Crippen LogP contribution in [0, 0.1) is 0 Å². The van der Waals surface area contributed by atoms with Gasteiger partial charge in [0.05, 0.1) is 11.1 Å². The molecule has 0 saturated carbocycles. The summed E-state index contributed by atoms with van der Waals surface area (Å²) in [5.41, 5.74) is 0.349. The van der Waals surface area contributed by atoms with Crippen LogP contribution in [0.25, 0.3) is 0 Å². The third-order valence-electron chi connectivity index (χ3n) is 2.03. The van der Waals surface area contributed by atoms with Gasteiger partial charge in [-0.2, -0.15) is 0 Å². The van der Waals surface area contributed by atoms with Crippen molar-refractivity contribution < 1.29 is 19.1 Å². The van der Waals surface area contributed by atoms with Crippen molar-refractivity contribution in [1.29, 1.82) is 0 Å². The highest BCUT2D eigenvalue weighted by Crippen LogP contribution is 2.12. The number of hydrogen-bond acceptors (Lipinski definition) is 4. The molecule has 0 amide bonds. The van der Waals surface area contributed by atoms with Gasteiger partial charge >= 0.3 is 11.9 Å². The van der Waals surface area contributed by atoms with E-state index in [1.54, 1.807) is 12.1 Å². The zero-order valence-corrected chi connectivity index (χ0v) is 11.4. The quantitative estimate of drug-likeness (QED) is 0.452. The Morgan fingerprint density at radius 2 is 1.32 bits per heavy atom. The average molecular weight is 274 g/mol. The minimum atomic E-state index is -0.582. The van der Waals surface area contributed by atoms with Gasteiger partial charge in [-0.1, -0.05) is 37.4 Å². The molecule has 0 fully saturated rings. The van der Waals surface area contributed by atoms with Crippen LogP contribution in [0.4, 0.5) is 0 Å². The van der Waals surface area contributed by atoms with E-state index in [0.29, 0.717) is 0 Å². The largest absolute Gasteiger partial charge is 0.458 e. The van der Waals surface area contributed by atoms with Crippen LogP contribution in [0.2, 0.25) is 0 Å². The van der Waals surface area contributed by atoms with Crippen LogP contribution in [0.5, 0.6) is 0 Å². The number of carbonyl (C=O) groups excluding carboxylic acids is 2. The molecule has 98 valence electrons. The molecule has 1 aromatic rings. The maximum Gasteiger partial charge on any atom is 0.339 e. The van der Waals surface area contributed by atoms with E-state index in [9.17, 15) is 9.59 Å². The SMILES string of the molecule is C=CCOC(=O)c1ccccc1C(=O)OCC=C.[Si]. The lowest BCUT2D eigenvalue weighted by Gasteiger charge is -2.07.